The zero-order valence-corrected chi connectivity index (χ0v) is 17.2. The summed E-state index contributed by atoms with van der Waals surface area (Å²) in [6, 6.07) is 12.4. The molecule has 0 aromatic heterocycles. The van der Waals surface area contributed by atoms with E-state index in [0.29, 0.717) is 18.7 Å². The molecule has 2 rings (SSSR count). The number of hydrogen-bond acceptors (Lipinski definition) is 5. The second kappa shape index (κ2) is 9.77. The Kier molecular flexibility index (Phi) is 7.70. The lowest BCUT2D eigenvalue weighted by Crippen LogP contribution is -2.25. The summed E-state index contributed by atoms with van der Waals surface area (Å²) >= 11 is 1.44. The van der Waals surface area contributed by atoms with Crippen LogP contribution in [0, 0.1) is 0 Å². The van der Waals surface area contributed by atoms with E-state index in [9.17, 15) is 13.2 Å². The topological polar surface area (TPSA) is 84.5 Å². The van der Waals surface area contributed by atoms with Crippen molar-refractivity contribution in [1.82, 2.24) is 4.72 Å². The summed E-state index contributed by atoms with van der Waals surface area (Å²) in [5, 5.41) is 2.67. The Morgan fingerprint density at radius 1 is 1.15 bits per heavy atom. The van der Waals surface area contributed by atoms with Crippen molar-refractivity contribution in [2.24, 2.45) is 0 Å². The molecule has 0 radical (unpaired) electrons. The van der Waals surface area contributed by atoms with E-state index in [4.69, 9.17) is 4.74 Å². The van der Waals surface area contributed by atoms with Crippen molar-refractivity contribution in [2.75, 3.05) is 25.2 Å². The maximum absolute atomic E-state index is 12.5. The first kappa shape index (κ1) is 21.3. The fraction of sp³-hybridized carbons (Fsp3) is 0.316. The van der Waals surface area contributed by atoms with Gasteiger partial charge in [-0.3, -0.25) is 4.79 Å². The molecule has 146 valence electrons. The first-order valence-electron chi connectivity index (χ1n) is 8.44. The number of amides is 1. The molecule has 0 fully saturated rings. The van der Waals surface area contributed by atoms with Crippen molar-refractivity contribution in [1.29, 1.82) is 0 Å². The van der Waals surface area contributed by atoms with E-state index in [1.54, 1.807) is 19.2 Å². The van der Waals surface area contributed by atoms with Gasteiger partial charge >= 0.3 is 0 Å². The number of ether oxygens (including phenoxy) is 1. The minimum atomic E-state index is -3.64. The van der Waals surface area contributed by atoms with Crippen LogP contribution < -0.4 is 14.8 Å². The number of carbonyl (C=O) groups is 1. The first-order chi connectivity index (χ1) is 12.9. The van der Waals surface area contributed by atoms with E-state index in [1.165, 1.54) is 24.8 Å². The molecule has 0 saturated heterocycles. The second-order valence-electron chi connectivity index (χ2n) is 5.89. The Hall–Kier alpha value is -2.03. The van der Waals surface area contributed by atoms with Crippen molar-refractivity contribution in [3.8, 4) is 5.75 Å². The van der Waals surface area contributed by atoms with Gasteiger partial charge in [-0.05, 0) is 55.0 Å². The van der Waals surface area contributed by atoms with Gasteiger partial charge in [-0.15, -0.1) is 11.8 Å². The number of methoxy groups -OCH3 is 1. The number of rotatable bonds is 9. The average Bonchev–Trinajstić information content (AvgIpc) is 2.65. The van der Waals surface area contributed by atoms with Crippen molar-refractivity contribution in [3.05, 3.63) is 48.0 Å². The standard InChI is InChI=1S/C19H24N2O4S2/c1-14(22)21-18-13-17(10-11-19(18)26-3)27(23,24)20-12-4-5-15-6-8-16(25-2)9-7-15/h6-11,13,20H,4-5,12H2,1-3H3,(H,21,22). The molecule has 2 N–H and O–H groups in total. The fourth-order valence-electron chi connectivity index (χ4n) is 2.52. The molecule has 0 saturated carbocycles. The van der Waals surface area contributed by atoms with Gasteiger partial charge < -0.3 is 10.1 Å². The van der Waals surface area contributed by atoms with Crippen LogP contribution in [0.15, 0.2) is 52.3 Å². The van der Waals surface area contributed by atoms with Crippen LogP contribution >= 0.6 is 11.8 Å². The lowest BCUT2D eigenvalue weighted by molar-refractivity contribution is -0.114. The number of aryl methyl sites for hydroxylation is 1. The molecule has 0 unspecified atom stereocenters. The van der Waals surface area contributed by atoms with Crippen LogP contribution in [-0.4, -0.2) is 34.2 Å². The molecular formula is C19H24N2O4S2. The molecule has 0 heterocycles. The SMILES string of the molecule is COc1ccc(CCCNS(=O)(=O)c2ccc(SC)c(NC(C)=O)c2)cc1. The van der Waals surface area contributed by atoms with E-state index in [0.717, 1.165) is 22.6 Å². The van der Waals surface area contributed by atoms with E-state index in [1.807, 2.05) is 30.5 Å². The number of nitrogens with one attached hydrogen (secondary N) is 2. The Labute approximate surface area is 164 Å². The van der Waals surface area contributed by atoms with Gasteiger partial charge in [-0.2, -0.15) is 0 Å². The molecule has 0 spiro atoms. The van der Waals surface area contributed by atoms with Gasteiger partial charge in [0, 0.05) is 18.4 Å². The molecule has 27 heavy (non-hydrogen) atoms. The number of anilines is 1. The van der Waals surface area contributed by atoms with E-state index < -0.39 is 10.0 Å². The third-order valence-electron chi connectivity index (χ3n) is 3.89. The van der Waals surface area contributed by atoms with Crippen LogP contribution in [0.3, 0.4) is 0 Å². The number of carbonyl (C=O) groups excluding carboxylic acids is 1. The van der Waals surface area contributed by atoms with Gasteiger partial charge in [0.05, 0.1) is 17.7 Å². The minimum Gasteiger partial charge on any atom is -0.497 e. The summed E-state index contributed by atoms with van der Waals surface area (Å²) in [6.07, 6.45) is 3.30. The van der Waals surface area contributed by atoms with E-state index in [-0.39, 0.29) is 10.8 Å². The van der Waals surface area contributed by atoms with Crippen molar-refractivity contribution in [2.45, 2.75) is 29.6 Å². The third kappa shape index (κ3) is 6.27. The van der Waals surface area contributed by atoms with Gasteiger partial charge in [0.25, 0.3) is 0 Å². The summed E-state index contributed by atoms with van der Waals surface area (Å²) < 4.78 is 32.8. The number of benzene rings is 2. The maximum atomic E-state index is 12.5. The van der Waals surface area contributed by atoms with Gasteiger partial charge in [-0.1, -0.05) is 12.1 Å². The maximum Gasteiger partial charge on any atom is 0.240 e. The highest BCUT2D eigenvalue weighted by atomic mass is 32.2. The van der Waals surface area contributed by atoms with Gasteiger partial charge in [0.2, 0.25) is 15.9 Å². The molecular weight excluding hydrogens is 384 g/mol. The lowest BCUT2D eigenvalue weighted by Gasteiger charge is -2.12. The van der Waals surface area contributed by atoms with Crippen LogP contribution in [0.4, 0.5) is 5.69 Å². The number of sulfonamides is 1. The summed E-state index contributed by atoms with van der Waals surface area (Å²) in [7, 11) is -2.02. The second-order valence-corrected chi connectivity index (χ2v) is 8.51. The molecule has 0 atom stereocenters. The molecule has 6 nitrogen and oxygen atoms in total. The molecule has 2 aromatic rings. The molecule has 1 amide bonds. The first-order valence-corrected chi connectivity index (χ1v) is 11.1. The van der Waals surface area contributed by atoms with Gasteiger partial charge in [-0.25, -0.2) is 13.1 Å². The van der Waals surface area contributed by atoms with E-state index in [2.05, 4.69) is 10.0 Å². The summed E-state index contributed by atoms with van der Waals surface area (Å²) in [5.74, 6) is 0.551. The zero-order chi connectivity index (χ0) is 19.9. The normalized spacial score (nSPS) is 11.2. The molecule has 0 aliphatic rings. The van der Waals surface area contributed by atoms with Crippen LogP contribution in [-0.2, 0) is 21.2 Å². The summed E-state index contributed by atoms with van der Waals surface area (Å²) in [4.78, 5) is 12.3. The molecule has 0 aliphatic carbocycles. The van der Waals surface area contributed by atoms with Crippen molar-refractivity contribution >= 4 is 33.4 Å². The quantitative estimate of drug-likeness (QED) is 0.491. The highest BCUT2D eigenvalue weighted by Gasteiger charge is 2.16. The van der Waals surface area contributed by atoms with Crippen LogP contribution in [0.5, 0.6) is 5.75 Å². The van der Waals surface area contributed by atoms with E-state index >= 15 is 0 Å². The Balaban J connectivity index is 1.98. The van der Waals surface area contributed by atoms with Gasteiger partial charge in [0.1, 0.15) is 5.75 Å². The van der Waals surface area contributed by atoms with Crippen LogP contribution in [0.1, 0.15) is 18.9 Å². The van der Waals surface area contributed by atoms with Crippen LogP contribution in [0.2, 0.25) is 0 Å². The predicted molar refractivity (Wildman–Crippen MR) is 109 cm³/mol. The molecule has 0 aliphatic heterocycles. The summed E-state index contributed by atoms with van der Waals surface area (Å²) in [6.45, 7) is 1.72. The zero-order valence-electron chi connectivity index (χ0n) is 15.6. The smallest absolute Gasteiger partial charge is 0.240 e. The van der Waals surface area contributed by atoms with Crippen molar-refractivity contribution < 1.29 is 17.9 Å². The number of hydrogen-bond donors (Lipinski definition) is 2. The number of thioether (sulfide) groups is 1. The highest BCUT2D eigenvalue weighted by Crippen LogP contribution is 2.28. The summed E-state index contributed by atoms with van der Waals surface area (Å²) in [5.41, 5.74) is 1.61. The molecule has 2 aromatic carbocycles. The largest absolute Gasteiger partial charge is 0.497 e. The Bertz CT molecular complexity index is 881. The highest BCUT2D eigenvalue weighted by molar-refractivity contribution is 7.98. The molecule has 8 heteroatoms. The third-order valence-corrected chi connectivity index (χ3v) is 6.14. The minimum absolute atomic E-state index is 0.133. The predicted octanol–water partition coefficient (Wildman–Crippen LogP) is 3.29. The monoisotopic (exact) mass is 408 g/mol. The fourth-order valence-corrected chi connectivity index (χ4v) is 4.15. The Morgan fingerprint density at radius 3 is 2.44 bits per heavy atom. The Morgan fingerprint density at radius 2 is 1.85 bits per heavy atom. The average molecular weight is 409 g/mol. The van der Waals surface area contributed by atoms with Crippen molar-refractivity contribution in [3.63, 3.8) is 0 Å². The van der Waals surface area contributed by atoms with Crippen LogP contribution in [0.25, 0.3) is 0 Å². The lowest BCUT2D eigenvalue weighted by atomic mass is 10.1. The molecule has 0 bridgehead atoms. The van der Waals surface area contributed by atoms with Gasteiger partial charge in [0.15, 0.2) is 0 Å².